The minimum atomic E-state index is 0.396. The number of hydrogen-bond acceptors (Lipinski definition) is 0. The maximum absolute atomic E-state index is 3.91. The first-order valence-corrected chi connectivity index (χ1v) is 4.15. The Hall–Kier alpha value is -0.260. The van der Waals surface area contributed by atoms with Crippen molar-refractivity contribution in [2.24, 2.45) is 10.8 Å². The molecule has 0 bridgehead atoms. The quantitative estimate of drug-likeness (QED) is 0.487. The fourth-order valence-electron chi connectivity index (χ4n) is 1.90. The molecule has 58 valence electrons. The Bertz CT molecular complexity index is 144. The lowest BCUT2D eigenvalue weighted by molar-refractivity contribution is 0.193. The molecule has 1 atom stereocenters. The average Bonchev–Trinajstić information content (AvgIpc) is 2.10. The molecule has 0 aromatic heterocycles. The van der Waals surface area contributed by atoms with Gasteiger partial charge in [-0.1, -0.05) is 33.3 Å². The Morgan fingerprint density at radius 3 is 2.00 bits per heavy atom. The Kier molecular flexibility index (Phi) is 1.66. The Labute approximate surface area is 64.3 Å². The van der Waals surface area contributed by atoms with E-state index in [0.29, 0.717) is 10.8 Å². The Morgan fingerprint density at radius 1 is 1.20 bits per heavy atom. The van der Waals surface area contributed by atoms with Gasteiger partial charge in [-0.15, -0.1) is 6.58 Å². The molecule has 0 radical (unpaired) electrons. The Balaban J connectivity index is 2.85. The molecule has 1 aliphatic rings. The van der Waals surface area contributed by atoms with Gasteiger partial charge < -0.3 is 0 Å². The second kappa shape index (κ2) is 2.11. The number of rotatable bonds is 1. The van der Waals surface area contributed by atoms with Crippen molar-refractivity contribution < 1.29 is 0 Å². The van der Waals surface area contributed by atoms with Crippen LogP contribution in [0.4, 0.5) is 0 Å². The summed E-state index contributed by atoms with van der Waals surface area (Å²) in [6, 6.07) is 0. The summed E-state index contributed by atoms with van der Waals surface area (Å²) in [7, 11) is 0. The van der Waals surface area contributed by atoms with Crippen molar-refractivity contribution in [3.05, 3.63) is 12.7 Å². The molecule has 1 rings (SSSR count). The maximum atomic E-state index is 3.91. The van der Waals surface area contributed by atoms with Crippen molar-refractivity contribution in [1.29, 1.82) is 0 Å². The fraction of sp³-hybridized carbons (Fsp3) is 0.800. The minimum absolute atomic E-state index is 0.396. The molecule has 1 fully saturated rings. The molecular formula is C10H18. The van der Waals surface area contributed by atoms with Crippen molar-refractivity contribution in [3.8, 4) is 0 Å². The van der Waals surface area contributed by atoms with Crippen LogP contribution in [0.25, 0.3) is 0 Å². The molecule has 0 heterocycles. The van der Waals surface area contributed by atoms with Crippen LogP contribution < -0.4 is 0 Å². The molecule has 0 aliphatic heterocycles. The summed E-state index contributed by atoms with van der Waals surface area (Å²) in [4.78, 5) is 0. The first kappa shape index (κ1) is 7.84. The van der Waals surface area contributed by atoms with Crippen LogP contribution in [0, 0.1) is 10.8 Å². The highest BCUT2D eigenvalue weighted by atomic mass is 14.5. The predicted molar refractivity (Wildman–Crippen MR) is 45.9 cm³/mol. The van der Waals surface area contributed by atoms with Gasteiger partial charge in [-0.3, -0.25) is 0 Å². The van der Waals surface area contributed by atoms with Crippen LogP contribution in [0.1, 0.15) is 40.0 Å². The summed E-state index contributed by atoms with van der Waals surface area (Å²) in [6.45, 7) is 10.9. The third kappa shape index (κ3) is 0.902. The zero-order chi connectivity index (χ0) is 7.83. The van der Waals surface area contributed by atoms with Gasteiger partial charge in [0.25, 0.3) is 0 Å². The van der Waals surface area contributed by atoms with E-state index in [1.54, 1.807) is 0 Å². The van der Waals surface area contributed by atoms with Gasteiger partial charge in [0, 0.05) is 0 Å². The second-order valence-corrected chi connectivity index (χ2v) is 4.36. The summed E-state index contributed by atoms with van der Waals surface area (Å²) in [5.74, 6) is 0. The zero-order valence-electron chi connectivity index (χ0n) is 7.41. The van der Waals surface area contributed by atoms with Crippen molar-refractivity contribution in [2.75, 3.05) is 0 Å². The second-order valence-electron chi connectivity index (χ2n) is 4.36. The molecule has 0 heteroatoms. The van der Waals surface area contributed by atoms with Crippen LogP contribution in [0.15, 0.2) is 12.7 Å². The lowest BCUT2D eigenvalue weighted by atomic mass is 9.70. The van der Waals surface area contributed by atoms with Gasteiger partial charge in [-0.05, 0) is 23.7 Å². The van der Waals surface area contributed by atoms with Gasteiger partial charge in [-0.2, -0.15) is 0 Å². The molecule has 0 spiro atoms. The standard InChI is InChI=1S/C10H18/c1-5-10(4)8-6-7-9(10,2)3/h5H,1,6-8H2,2-4H3. The van der Waals surface area contributed by atoms with Crippen LogP contribution in [-0.4, -0.2) is 0 Å². The van der Waals surface area contributed by atoms with E-state index in [-0.39, 0.29) is 0 Å². The van der Waals surface area contributed by atoms with Gasteiger partial charge in [0.1, 0.15) is 0 Å². The molecule has 0 amide bonds. The lowest BCUT2D eigenvalue weighted by Gasteiger charge is -2.35. The molecule has 0 saturated heterocycles. The molecule has 0 N–H and O–H groups in total. The van der Waals surface area contributed by atoms with E-state index in [2.05, 4.69) is 33.4 Å². The lowest BCUT2D eigenvalue weighted by Crippen LogP contribution is -2.26. The first-order valence-electron chi connectivity index (χ1n) is 4.15. The predicted octanol–water partition coefficient (Wildman–Crippen LogP) is 3.39. The van der Waals surface area contributed by atoms with E-state index in [0.717, 1.165) is 0 Å². The maximum Gasteiger partial charge on any atom is -0.00981 e. The molecule has 1 aliphatic carbocycles. The summed E-state index contributed by atoms with van der Waals surface area (Å²) in [5.41, 5.74) is 0.877. The first-order chi connectivity index (χ1) is 4.52. The van der Waals surface area contributed by atoms with E-state index >= 15 is 0 Å². The van der Waals surface area contributed by atoms with Crippen molar-refractivity contribution in [3.63, 3.8) is 0 Å². The normalized spacial score (nSPS) is 37.9. The van der Waals surface area contributed by atoms with Crippen LogP contribution in [0.2, 0.25) is 0 Å². The summed E-state index contributed by atoms with van der Waals surface area (Å²) in [5, 5.41) is 0. The van der Waals surface area contributed by atoms with Crippen LogP contribution >= 0.6 is 0 Å². The zero-order valence-corrected chi connectivity index (χ0v) is 7.41. The molecule has 1 saturated carbocycles. The third-order valence-electron chi connectivity index (χ3n) is 3.49. The van der Waals surface area contributed by atoms with Gasteiger partial charge in [-0.25, -0.2) is 0 Å². The summed E-state index contributed by atoms with van der Waals surface area (Å²) in [6.07, 6.45) is 6.19. The highest BCUT2D eigenvalue weighted by Gasteiger charge is 2.42. The third-order valence-corrected chi connectivity index (χ3v) is 3.49. The highest BCUT2D eigenvalue weighted by molar-refractivity contribution is 5.04. The number of hydrogen-bond donors (Lipinski definition) is 0. The smallest absolute Gasteiger partial charge is 0.00981 e. The van der Waals surface area contributed by atoms with Gasteiger partial charge >= 0.3 is 0 Å². The van der Waals surface area contributed by atoms with E-state index in [4.69, 9.17) is 0 Å². The minimum Gasteiger partial charge on any atom is -0.103 e. The van der Waals surface area contributed by atoms with Crippen molar-refractivity contribution in [2.45, 2.75) is 40.0 Å². The monoisotopic (exact) mass is 138 g/mol. The topological polar surface area (TPSA) is 0 Å². The van der Waals surface area contributed by atoms with E-state index < -0.39 is 0 Å². The van der Waals surface area contributed by atoms with E-state index in [1.807, 2.05) is 0 Å². The average molecular weight is 138 g/mol. The summed E-state index contributed by atoms with van der Waals surface area (Å²) < 4.78 is 0. The van der Waals surface area contributed by atoms with Crippen LogP contribution in [0.3, 0.4) is 0 Å². The van der Waals surface area contributed by atoms with Gasteiger partial charge in [0.2, 0.25) is 0 Å². The molecule has 0 aromatic rings. The van der Waals surface area contributed by atoms with Crippen molar-refractivity contribution in [1.82, 2.24) is 0 Å². The molecule has 0 nitrogen and oxygen atoms in total. The van der Waals surface area contributed by atoms with E-state index in [9.17, 15) is 0 Å². The van der Waals surface area contributed by atoms with E-state index in [1.165, 1.54) is 19.3 Å². The SMILES string of the molecule is C=CC1(C)CCCC1(C)C. The Morgan fingerprint density at radius 2 is 1.80 bits per heavy atom. The largest absolute Gasteiger partial charge is 0.103 e. The van der Waals surface area contributed by atoms with Crippen LogP contribution in [-0.2, 0) is 0 Å². The summed E-state index contributed by atoms with van der Waals surface area (Å²) >= 11 is 0. The molecule has 1 unspecified atom stereocenters. The van der Waals surface area contributed by atoms with Gasteiger partial charge in [0.05, 0.1) is 0 Å². The molecular weight excluding hydrogens is 120 g/mol. The number of allylic oxidation sites excluding steroid dienone is 1. The van der Waals surface area contributed by atoms with Crippen LogP contribution in [0.5, 0.6) is 0 Å². The molecule has 10 heavy (non-hydrogen) atoms. The highest BCUT2D eigenvalue weighted by Crippen LogP contribution is 2.52. The fourth-order valence-corrected chi connectivity index (χ4v) is 1.90. The van der Waals surface area contributed by atoms with Gasteiger partial charge in [0.15, 0.2) is 0 Å². The van der Waals surface area contributed by atoms with Crippen molar-refractivity contribution >= 4 is 0 Å². The molecule has 0 aromatic carbocycles.